The van der Waals surface area contributed by atoms with Gasteiger partial charge in [-0.1, -0.05) is 6.07 Å². The van der Waals surface area contributed by atoms with E-state index in [-0.39, 0.29) is 11.9 Å². The molecule has 2 rings (SSSR count). The summed E-state index contributed by atoms with van der Waals surface area (Å²) < 4.78 is 26.9. The second kappa shape index (κ2) is 7.08. The van der Waals surface area contributed by atoms with Gasteiger partial charge in [0.25, 0.3) is 10.0 Å². The van der Waals surface area contributed by atoms with Crippen molar-refractivity contribution < 1.29 is 13.2 Å². The highest BCUT2D eigenvalue weighted by Gasteiger charge is 2.39. The normalized spacial score (nSPS) is 21.2. The third-order valence-electron chi connectivity index (χ3n) is 4.02. The lowest BCUT2D eigenvalue weighted by molar-refractivity contribution is -0.124. The molecule has 1 fully saturated rings. The molecule has 1 aliphatic heterocycles. The third kappa shape index (κ3) is 3.68. The van der Waals surface area contributed by atoms with Crippen LogP contribution in [-0.4, -0.2) is 62.8 Å². The molecule has 0 aliphatic carbocycles. The van der Waals surface area contributed by atoms with Crippen LogP contribution in [0, 0.1) is 0 Å². The predicted molar refractivity (Wildman–Crippen MR) is 87.4 cm³/mol. The predicted octanol–water partition coefficient (Wildman–Crippen LogP) is 0.968. The summed E-state index contributed by atoms with van der Waals surface area (Å²) in [4.78, 5) is 14.4. The number of rotatable bonds is 6. The van der Waals surface area contributed by atoms with Gasteiger partial charge in [0.05, 0.1) is 0 Å². The molecule has 0 aromatic carbocycles. The molecule has 0 unspecified atom stereocenters. The molecular weight excluding hydrogens is 322 g/mol. The maximum absolute atomic E-state index is 12.6. The maximum atomic E-state index is 12.6. The fraction of sp³-hybridized carbons (Fsp3) is 0.643. The Morgan fingerprint density at radius 1 is 1.55 bits per heavy atom. The largest absolute Gasteiger partial charge is 0.353 e. The van der Waals surface area contributed by atoms with Crippen LogP contribution in [0.4, 0.5) is 0 Å². The molecule has 1 aromatic rings. The van der Waals surface area contributed by atoms with E-state index in [2.05, 4.69) is 5.32 Å². The molecule has 1 amide bonds. The SMILES string of the molecule is C[C@H](CNC(=O)[C@H]1CCCN1S(=O)(=O)c1cccs1)N(C)C. The summed E-state index contributed by atoms with van der Waals surface area (Å²) in [6.07, 6.45) is 1.29. The van der Waals surface area contributed by atoms with E-state index in [1.54, 1.807) is 17.5 Å². The zero-order valence-electron chi connectivity index (χ0n) is 13.2. The van der Waals surface area contributed by atoms with Crippen LogP contribution in [-0.2, 0) is 14.8 Å². The van der Waals surface area contributed by atoms with Gasteiger partial charge in [-0.05, 0) is 45.3 Å². The van der Waals surface area contributed by atoms with Crippen molar-refractivity contribution >= 4 is 27.3 Å². The van der Waals surface area contributed by atoms with Crippen LogP contribution in [0.2, 0.25) is 0 Å². The summed E-state index contributed by atoms with van der Waals surface area (Å²) in [5.74, 6) is -0.202. The van der Waals surface area contributed by atoms with Crippen molar-refractivity contribution in [3.05, 3.63) is 17.5 Å². The quantitative estimate of drug-likeness (QED) is 0.834. The molecular formula is C14H23N3O3S2. The number of carbonyl (C=O) groups is 1. The van der Waals surface area contributed by atoms with Gasteiger partial charge in [-0.25, -0.2) is 8.42 Å². The van der Waals surface area contributed by atoms with E-state index >= 15 is 0 Å². The van der Waals surface area contributed by atoms with E-state index in [1.165, 1.54) is 15.6 Å². The van der Waals surface area contributed by atoms with E-state index in [4.69, 9.17) is 0 Å². The lowest BCUT2D eigenvalue weighted by atomic mass is 10.2. The van der Waals surface area contributed by atoms with Gasteiger partial charge in [0, 0.05) is 19.1 Å². The smallest absolute Gasteiger partial charge is 0.253 e. The van der Waals surface area contributed by atoms with E-state index in [9.17, 15) is 13.2 Å². The first kappa shape index (κ1) is 17.4. The Morgan fingerprint density at radius 2 is 2.27 bits per heavy atom. The highest BCUT2D eigenvalue weighted by Crippen LogP contribution is 2.28. The Hall–Kier alpha value is -0.960. The van der Waals surface area contributed by atoms with Gasteiger partial charge in [-0.2, -0.15) is 4.31 Å². The molecule has 8 heteroatoms. The Kier molecular flexibility index (Phi) is 5.60. The maximum Gasteiger partial charge on any atom is 0.253 e. The molecule has 1 aliphatic rings. The Morgan fingerprint density at radius 3 is 2.86 bits per heavy atom. The molecule has 2 atom stereocenters. The van der Waals surface area contributed by atoms with Crippen LogP contribution in [0.1, 0.15) is 19.8 Å². The first-order chi connectivity index (χ1) is 10.3. The number of carbonyl (C=O) groups excluding carboxylic acids is 1. The molecule has 0 spiro atoms. The second-order valence-corrected chi connectivity index (χ2v) is 8.83. The van der Waals surface area contributed by atoms with Crippen molar-refractivity contribution in [3.63, 3.8) is 0 Å². The number of hydrogen-bond donors (Lipinski definition) is 1. The minimum absolute atomic E-state index is 0.202. The minimum atomic E-state index is -3.56. The van der Waals surface area contributed by atoms with Gasteiger partial charge >= 0.3 is 0 Å². The molecule has 1 N–H and O–H groups in total. The number of nitrogens with zero attached hydrogens (tertiary/aromatic N) is 2. The molecule has 0 bridgehead atoms. The molecule has 1 aromatic heterocycles. The summed E-state index contributed by atoms with van der Waals surface area (Å²) in [6.45, 7) is 2.92. The van der Waals surface area contributed by atoms with Crippen LogP contribution < -0.4 is 5.32 Å². The second-order valence-electron chi connectivity index (χ2n) is 5.76. The van der Waals surface area contributed by atoms with Crippen molar-refractivity contribution in [1.82, 2.24) is 14.5 Å². The van der Waals surface area contributed by atoms with Crippen molar-refractivity contribution in [3.8, 4) is 0 Å². The van der Waals surface area contributed by atoms with Gasteiger partial charge in [-0.15, -0.1) is 11.3 Å². The van der Waals surface area contributed by atoms with Crippen molar-refractivity contribution in [2.75, 3.05) is 27.2 Å². The third-order valence-corrected chi connectivity index (χ3v) is 7.30. The summed E-state index contributed by atoms with van der Waals surface area (Å²) in [5, 5.41) is 4.60. The summed E-state index contributed by atoms with van der Waals surface area (Å²) in [6, 6.07) is 2.90. The molecule has 1 saturated heterocycles. The Bertz CT molecular complexity index is 599. The van der Waals surface area contributed by atoms with E-state index < -0.39 is 16.1 Å². The molecule has 2 heterocycles. The molecule has 6 nitrogen and oxygen atoms in total. The number of sulfonamides is 1. The zero-order chi connectivity index (χ0) is 16.3. The molecule has 0 radical (unpaired) electrons. The fourth-order valence-corrected chi connectivity index (χ4v) is 5.14. The van der Waals surface area contributed by atoms with E-state index in [1.807, 2.05) is 25.9 Å². The highest BCUT2D eigenvalue weighted by molar-refractivity contribution is 7.91. The van der Waals surface area contributed by atoms with Crippen molar-refractivity contribution in [1.29, 1.82) is 0 Å². The van der Waals surface area contributed by atoms with Crippen LogP contribution in [0.15, 0.2) is 21.7 Å². The van der Waals surface area contributed by atoms with Crippen LogP contribution in [0.3, 0.4) is 0 Å². The van der Waals surface area contributed by atoms with Gasteiger partial charge in [0.15, 0.2) is 0 Å². The van der Waals surface area contributed by atoms with E-state index in [0.29, 0.717) is 30.1 Å². The van der Waals surface area contributed by atoms with E-state index in [0.717, 1.165) is 0 Å². The number of nitrogens with one attached hydrogen (secondary N) is 1. The van der Waals surface area contributed by atoms with Gasteiger partial charge in [0.1, 0.15) is 10.3 Å². The zero-order valence-corrected chi connectivity index (χ0v) is 14.8. The lowest BCUT2D eigenvalue weighted by Gasteiger charge is -2.25. The molecule has 0 saturated carbocycles. The average molecular weight is 345 g/mol. The van der Waals surface area contributed by atoms with Gasteiger partial charge in [0.2, 0.25) is 5.91 Å². The average Bonchev–Trinajstić information content (AvgIpc) is 3.14. The minimum Gasteiger partial charge on any atom is -0.353 e. The van der Waals surface area contributed by atoms with Crippen LogP contribution >= 0.6 is 11.3 Å². The number of amides is 1. The first-order valence-corrected chi connectivity index (χ1v) is 9.65. The summed E-state index contributed by atoms with van der Waals surface area (Å²) >= 11 is 1.18. The lowest BCUT2D eigenvalue weighted by Crippen LogP contribution is -2.48. The Balaban J connectivity index is 2.06. The highest BCUT2D eigenvalue weighted by atomic mass is 32.2. The monoisotopic (exact) mass is 345 g/mol. The molecule has 124 valence electrons. The van der Waals surface area contributed by atoms with Gasteiger partial charge in [-0.3, -0.25) is 4.79 Å². The molecule has 22 heavy (non-hydrogen) atoms. The number of hydrogen-bond acceptors (Lipinski definition) is 5. The first-order valence-electron chi connectivity index (χ1n) is 7.33. The fourth-order valence-electron chi connectivity index (χ4n) is 2.36. The summed E-state index contributed by atoms with van der Waals surface area (Å²) in [7, 11) is 0.325. The topological polar surface area (TPSA) is 69.7 Å². The van der Waals surface area contributed by atoms with Crippen LogP contribution in [0.5, 0.6) is 0 Å². The van der Waals surface area contributed by atoms with Crippen molar-refractivity contribution in [2.24, 2.45) is 0 Å². The number of likely N-dealkylation sites (N-methyl/N-ethyl adjacent to an activating group) is 1. The van der Waals surface area contributed by atoms with Crippen LogP contribution in [0.25, 0.3) is 0 Å². The van der Waals surface area contributed by atoms with Gasteiger partial charge < -0.3 is 10.2 Å². The standard InChI is InChI=1S/C14H23N3O3S2/c1-11(16(2)3)10-15-14(18)12-6-4-8-17(12)22(19,20)13-7-5-9-21-13/h5,7,9,11-12H,4,6,8,10H2,1-3H3,(H,15,18)/t11-,12-/m1/s1. The Labute approximate surface area is 136 Å². The summed E-state index contributed by atoms with van der Waals surface area (Å²) in [5.41, 5.74) is 0. The van der Waals surface area contributed by atoms with Crippen molar-refractivity contribution in [2.45, 2.75) is 36.1 Å². The number of thiophene rings is 1.